The molecule has 114 valence electrons. The van der Waals surface area contributed by atoms with Crippen molar-refractivity contribution in [1.29, 1.82) is 0 Å². The molecule has 0 spiro atoms. The van der Waals surface area contributed by atoms with Crippen LogP contribution in [0.1, 0.15) is 37.7 Å². The summed E-state index contributed by atoms with van der Waals surface area (Å²) in [4.78, 5) is 16.5. The van der Waals surface area contributed by atoms with Gasteiger partial charge in [0, 0.05) is 16.8 Å². The second-order valence-corrected chi connectivity index (χ2v) is 6.37. The first kappa shape index (κ1) is 16.0. The number of hydrogen-bond acceptors (Lipinski definition) is 2. The molecule has 0 aliphatic heterocycles. The molecule has 0 radical (unpaired) electrons. The molecule has 2 aromatic rings. The van der Waals surface area contributed by atoms with E-state index in [1.807, 2.05) is 82.3 Å². The van der Waals surface area contributed by atoms with Crippen molar-refractivity contribution >= 4 is 23.7 Å². The number of benzene rings is 1. The van der Waals surface area contributed by atoms with Gasteiger partial charge in [-0.25, -0.2) is 0 Å². The van der Waals surface area contributed by atoms with Gasteiger partial charge in [0.2, 0.25) is 5.91 Å². The van der Waals surface area contributed by atoms with E-state index in [4.69, 9.17) is 0 Å². The number of nitrogens with one attached hydrogen (secondary N) is 1. The van der Waals surface area contributed by atoms with Crippen LogP contribution in [0.3, 0.4) is 0 Å². The van der Waals surface area contributed by atoms with E-state index in [2.05, 4.69) is 10.3 Å². The molecule has 0 aliphatic carbocycles. The zero-order valence-corrected chi connectivity index (χ0v) is 13.6. The molecule has 0 saturated carbocycles. The Labute approximate surface area is 132 Å². The Morgan fingerprint density at radius 2 is 1.82 bits per heavy atom. The first-order valence-corrected chi connectivity index (χ1v) is 7.38. The van der Waals surface area contributed by atoms with Gasteiger partial charge in [-0.05, 0) is 42.8 Å². The lowest BCUT2D eigenvalue weighted by Crippen LogP contribution is -2.27. The summed E-state index contributed by atoms with van der Waals surface area (Å²) in [6, 6.07) is 13.7. The quantitative estimate of drug-likeness (QED) is 0.902. The van der Waals surface area contributed by atoms with Crippen LogP contribution < -0.4 is 5.32 Å². The van der Waals surface area contributed by atoms with Crippen LogP contribution in [0.25, 0.3) is 12.2 Å². The van der Waals surface area contributed by atoms with Gasteiger partial charge in [0.15, 0.2) is 0 Å². The maximum atomic E-state index is 12.0. The predicted octanol–water partition coefficient (Wildman–Crippen LogP) is 4.55. The van der Waals surface area contributed by atoms with Crippen molar-refractivity contribution in [1.82, 2.24) is 4.98 Å². The summed E-state index contributed by atoms with van der Waals surface area (Å²) < 4.78 is 0. The Kier molecular flexibility index (Phi) is 4.76. The second-order valence-electron chi connectivity index (χ2n) is 6.37. The number of pyridine rings is 1. The van der Waals surface area contributed by atoms with Gasteiger partial charge in [0.25, 0.3) is 0 Å². The predicted molar refractivity (Wildman–Crippen MR) is 92.4 cm³/mol. The number of carbonyl (C=O) groups is 1. The van der Waals surface area contributed by atoms with Gasteiger partial charge in [-0.15, -0.1) is 0 Å². The van der Waals surface area contributed by atoms with E-state index >= 15 is 0 Å². The molecule has 0 fully saturated rings. The largest absolute Gasteiger partial charge is 0.326 e. The van der Waals surface area contributed by atoms with Crippen LogP contribution in [-0.2, 0) is 4.79 Å². The van der Waals surface area contributed by atoms with E-state index in [0.29, 0.717) is 0 Å². The lowest BCUT2D eigenvalue weighted by molar-refractivity contribution is -0.123. The Bertz CT molecular complexity index is 697. The summed E-state index contributed by atoms with van der Waals surface area (Å²) in [7, 11) is 0. The van der Waals surface area contributed by atoms with Gasteiger partial charge in [-0.1, -0.05) is 45.0 Å². The lowest BCUT2D eigenvalue weighted by atomic mass is 9.95. The van der Waals surface area contributed by atoms with E-state index in [-0.39, 0.29) is 5.91 Å². The van der Waals surface area contributed by atoms with E-state index in [0.717, 1.165) is 22.6 Å². The van der Waals surface area contributed by atoms with Crippen molar-refractivity contribution < 1.29 is 4.79 Å². The molecule has 2 rings (SSSR count). The summed E-state index contributed by atoms with van der Waals surface area (Å²) in [5, 5.41) is 2.94. The van der Waals surface area contributed by atoms with Gasteiger partial charge in [-0.3, -0.25) is 9.78 Å². The third kappa shape index (κ3) is 4.55. The minimum atomic E-state index is -0.405. The molecule has 1 aromatic carbocycles. The molecule has 3 heteroatoms. The van der Waals surface area contributed by atoms with Crippen LogP contribution in [-0.4, -0.2) is 10.9 Å². The lowest BCUT2D eigenvalue weighted by Gasteiger charge is -2.17. The average Bonchev–Trinajstić information content (AvgIpc) is 2.45. The molecule has 3 nitrogen and oxygen atoms in total. The molecule has 0 aliphatic rings. The topological polar surface area (TPSA) is 42.0 Å². The number of anilines is 1. The number of rotatable bonds is 3. The smallest absolute Gasteiger partial charge is 0.229 e. The van der Waals surface area contributed by atoms with Crippen molar-refractivity contribution in [2.45, 2.75) is 27.7 Å². The number of aryl methyl sites for hydroxylation is 1. The van der Waals surface area contributed by atoms with Gasteiger partial charge in [0.05, 0.1) is 5.69 Å². The molecule has 22 heavy (non-hydrogen) atoms. The monoisotopic (exact) mass is 294 g/mol. The number of amides is 1. The number of aromatic nitrogens is 1. The Morgan fingerprint density at radius 3 is 2.50 bits per heavy atom. The third-order valence-electron chi connectivity index (χ3n) is 3.18. The second kappa shape index (κ2) is 6.56. The summed E-state index contributed by atoms with van der Waals surface area (Å²) in [6.07, 6.45) is 3.96. The highest BCUT2D eigenvalue weighted by Gasteiger charge is 2.20. The third-order valence-corrected chi connectivity index (χ3v) is 3.18. The number of nitrogens with zero attached hydrogens (tertiary/aromatic N) is 1. The maximum absolute atomic E-state index is 12.0. The molecule has 1 N–H and O–H groups in total. The molecule has 0 bridgehead atoms. The van der Waals surface area contributed by atoms with E-state index in [9.17, 15) is 4.79 Å². The minimum absolute atomic E-state index is 0.00832. The van der Waals surface area contributed by atoms with E-state index in [1.165, 1.54) is 0 Å². The Balaban J connectivity index is 2.13. The van der Waals surface area contributed by atoms with Crippen LogP contribution in [0.15, 0.2) is 42.5 Å². The van der Waals surface area contributed by atoms with Crippen molar-refractivity contribution in [3.63, 3.8) is 0 Å². The molecule has 0 atom stereocenters. The summed E-state index contributed by atoms with van der Waals surface area (Å²) >= 11 is 0. The van der Waals surface area contributed by atoms with Crippen molar-refractivity contribution in [2.75, 3.05) is 5.32 Å². The maximum Gasteiger partial charge on any atom is 0.229 e. The van der Waals surface area contributed by atoms with E-state index < -0.39 is 5.41 Å². The van der Waals surface area contributed by atoms with E-state index in [1.54, 1.807) is 0 Å². The SMILES string of the molecule is Cc1cccc(C=Cc2cccc(NC(=O)C(C)(C)C)c2)n1. The fourth-order valence-electron chi connectivity index (χ4n) is 1.88. The van der Waals surface area contributed by atoms with Crippen molar-refractivity contribution in [3.05, 3.63) is 59.4 Å². The summed E-state index contributed by atoms with van der Waals surface area (Å²) in [5.74, 6) is 0.00832. The summed E-state index contributed by atoms with van der Waals surface area (Å²) in [5.41, 5.74) is 3.34. The standard InChI is InChI=1S/C19H22N2O/c1-14-7-5-9-16(20-14)12-11-15-8-6-10-17(13-15)21-18(22)19(2,3)4/h5-13H,1-4H3,(H,21,22). The molecule has 0 saturated heterocycles. The van der Waals surface area contributed by atoms with Gasteiger partial charge in [0.1, 0.15) is 0 Å². The highest BCUT2D eigenvalue weighted by atomic mass is 16.2. The highest BCUT2D eigenvalue weighted by molar-refractivity contribution is 5.94. The first-order valence-electron chi connectivity index (χ1n) is 7.38. The average molecular weight is 294 g/mol. The number of carbonyl (C=O) groups excluding carboxylic acids is 1. The van der Waals surface area contributed by atoms with Crippen LogP contribution in [0, 0.1) is 12.3 Å². The molecule has 1 amide bonds. The van der Waals surface area contributed by atoms with Crippen molar-refractivity contribution in [2.24, 2.45) is 5.41 Å². The molecule has 0 unspecified atom stereocenters. The van der Waals surface area contributed by atoms with Gasteiger partial charge < -0.3 is 5.32 Å². The fraction of sp³-hybridized carbons (Fsp3) is 0.263. The highest BCUT2D eigenvalue weighted by Crippen LogP contribution is 2.19. The summed E-state index contributed by atoms with van der Waals surface area (Å²) in [6.45, 7) is 7.67. The molecular formula is C19H22N2O. The normalized spacial score (nSPS) is 11.6. The Morgan fingerprint density at radius 1 is 1.09 bits per heavy atom. The Hall–Kier alpha value is -2.42. The van der Waals surface area contributed by atoms with Crippen molar-refractivity contribution in [3.8, 4) is 0 Å². The molecular weight excluding hydrogens is 272 g/mol. The van der Waals surface area contributed by atoms with Gasteiger partial charge in [-0.2, -0.15) is 0 Å². The van der Waals surface area contributed by atoms with Gasteiger partial charge >= 0.3 is 0 Å². The fourth-order valence-corrected chi connectivity index (χ4v) is 1.88. The zero-order valence-electron chi connectivity index (χ0n) is 13.6. The van der Waals surface area contributed by atoms with Crippen LogP contribution in [0.4, 0.5) is 5.69 Å². The van der Waals surface area contributed by atoms with Crippen LogP contribution in [0.5, 0.6) is 0 Å². The zero-order chi connectivity index (χ0) is 16.2. The van der Waals surface area contributed by atoms with Crippen LogP contribution >= 0.6 is 0 Å². The first-order chi connectivity index (χ1) is 10.3. The minimum Gasteiger partial charge on any atom is -0.326 e. The molecule has 1 heterocycles. The molecule has 1 aromatic heterocycles. The number of hydrogen-bond donors (Lipinski definition) is 1. The van der Waals surface area contributed by atoms with Crippen LogP contribution in [0.2, 0.25) is 0 Å².